The molecule has 0 aliphatic carbocycles. The number of hydrogen-bond donors (Lipinski definition) is 1. The van der Waals surface area contributed by atoms with Gasteiger partial charge in [-0.05, 0) is 24.1 Å². The summed E-state index contributed by atoms with van der Waals surface area (Å²) in [5.74, 6) is 0.944. The van der Waals surface area contributed by atoms with Crippen molar-refractivity contribution in [1.29, 1.82) is 0 Å². The molecule has 1 aromatic carbocycles. The van der Waals surface area contributed by atoms with Gasteiger partial charge in [0.15, 0.2) is 0 Å². The molecule has 3 heteroatoms. The van der Waals surface area contributed by atoms with Crippen molar-refractivity contribution in [2.45, 2.75) is 19.3 Å². The largest absolute Gasteiger partial charge is 0.496 e. The minimum absolute atomic E-state index is 0.0491. The number of aryl methyl sites for hydroxylation is 1. The number of ether oxygens (including phenoxy) is 2. The lowest BCUT2D eigenvalue weighted by molar-refractivity contribution is 0.113. The number of methoxy groups -OCH3 is 1. The molecule has 0 aromatic heterocycles. The molecular formula is C14H21NO2. The van der Waals surface area contributed by atoms with Gasteiger partial charge < -0.3 is 14.8 Å². The first-order chi connectivity index (χ1) is 8.15. The van der Waals surface area contributed by atoms with E-state index in [0.29, 0.717) is 0 Å². The molecule has 1 aliphatic heterocycles. The Morgan fingerprint density at radius 3 is 2.94 bits per heavy atom. The summed E-state index contributed by atoms with van der Waals surface area (Å²) in [7, 11) is 1.71. The average molecular weight is 235 g/mol. The lowest BCUT2D eigenvalue weighted by atomic mass is 9.82. The second-order valence-corrected chi connectivity index (χ2v) is 4.97. The predicted molar refractivity (Wildman–Crippen MR) is 68.8 cm³/mol. The van der Waals surface area contributed by atoms with Crippen molar-refractivity contribution < 1.29 is 9.47 Å². The Morgan fingerprint density at radius 2 is 2.24 bits per heavy atom. The van der Waals surface area contributed by atoms with E-state index >= 15 is 0 Å². The predicted octanol–water partition coefficient (Wildman–Crippen LogP) is 1.88. The van der Waals surface area contributed by atoms with Gasteiger partial charge in [0.2, 0.25) is 0 Å². The molecule has 0 spiro atoms. The zero-order chi connectivity index (χ0) is 12.3. The summed E-state index contributed by atoms with van der Waals surface area (Å²) in [4.78, 5) is 0. The van der Waals surface area contributed by atoms with Crippen LogP contribution in [0.4, 0.5) is 0 Å². The molecule has 1 fully saturated rings. The fraction of sp³-hybridized carbons (Fsp3) is 0.571. The van der Waals surface area contributed by atoms with Crippen LogP contribution in [0.15, 0.2) is 18.2 Å². The van der Waals surface area contributed by atoms with Crippen LogP contribution in [0.3, 0.4) is 0 Å². The Kier molecular flexibility index (Phi) is 3.69. The minimum atomic E-state index is 0.0491. The van der Waals surface area contributed by atoms with Gasteiger partial charge in [0.1, 0.15) is 5.75 Å². The zero-order valence-corrected chi connectivity index (χ0v) is 10.9. The van der Waals surface area contributed by atoms with Crippen LogP contribution in [-0.2, 0) is 10.2 Å². The third-order valence-electron chi connectivity index (χ3n) is 3.45. The Morgan fingerprint density at radius 1 is 1.41 bits per heavy atom. The molecule has 1 aromatic rings. The molecule has 1 saturated heterocycles. The molecule has 3 nitrogen and oxygen atoms in total. The number of nitrogens with one attached hydrogen (secondary N) is 1. The third kappa shape index (κ3) is 2.61. The fourth-order valence-corrected chi connectivity index (χ4v) is 2.30. The molecule has 1 aliphatic rings. The molecule has 1 unspecified atom stereocenters. The molecule has 0 amide bonds. The summed E-state index contributed by atoms with van der Waals surface area (Å²) in [6.07, 6.45) is 0. The van der Waals surface area contributed by atoms with Crippen molar-refractivity contribution in [1.82, 2.24) is 5.32 Å². The van der Waals surface area contributed by atoms with Crippen LogP contribution < -0.4 is 10.1 Å². The molecule has 1 N–H and O–H groups in total. The van der Waals surface area contributed by atoms with Crippen molar-refractivity contribution in [2.75, 3.05) is 33.4 Å². The van der Waals surface area contributed by atoms with Crippen molar-refractivity contribution in [3.8, 4) is 5.75 Å². The summed E-state index contributed by atoms with van der Waals surface area (Å²) in [6.45, 7) is 7.78. The second-order valence-electron chi connectivity index (χ2n) is 4.97. The van der Waals surface area contributed by atoms with Gasteiger partial charge >= 0.3 is 0 Å². The van der Waals surface area contributed by atoms with Gasteiger partial charge in [-0.2, -0.15) is 0 Å². The Balaban J connectivity index is 2.28. The first-order valence-electron chi connectivity index (χ1n) is 6.09. The number of rotatable bonds is 2. The molecule has 2 rings (SSSR count). The van der Waals surface area contributed by atoms with Gasteiger partial charge in [-0.1, -0.05) is 19.1 Å². The summed E-state index contributed by atoms with van der Waals surface area (Å²) in [5.41, 5.74) is 2.54. The van der Waals surface area contributed by atoms with E-state index in [4.69, 9.17) is 9.47 Å². The molecule has 17 heavy (non-hydrogen) atoms. The number of hydrogen-bond acceptors (Lipinski definition) is 3. The summed E-state index contributed by atoms with van der Waals surface area (Å²) < 4.78 is 11.0. The first kappa shape index (κ1) is 12.4. The van der Waals surface area contributed by atoms with Crippen LogP contribution >= 0.6 is 0 Å². The maximum absolute atomic E-state index is 5.67. The monoisotopic (exact) mass is 235 g/mol. The Bertz CT molecular complexity index is 382. The summed E-state index contributed by atoms with van der Waals surface area (Å²) in [6, 6.07) is 6.39. The zero-order valence-electron chi connectivity index (χ0n) is 10.9. The van der Waals surface area contributed by atoms with Gasteiger partial charge in [-0.3, -0.25) is 0 Å². The minimum Gasteiger partial charge on any atom is -0.496 e. The van der Waals surface area contributed by atoms with Crippen molar-refractivity contribution in [2.24, 2.45) is 0 Å². The van der Waals surface area contributed by atoms with Crippen LogP contribution in [-0.4, -0.2) is 33.4 Å². The van der Waals surface area contributed by atoms with Crippen molar-refractivity contribution >= 4 is 0 Å². The van der Waals surface area contributed by atoms with E-state index in [0.717, 1.165) is 32.1 Å². The van der Waals surface area contributed by atoms with E-state index < -0.39 is 0 Å². The van der Waals surface area contributed by atoms with Crippen LogP contribution in [0.1, 0.15) is 18.1 Å². The fourth-order valence-electron chi connectivity index (χ4n) is 2.30. The SMILES string of the molecule is COc1ccc(C2(C)CNCCOC2)cc1C. The molecule has 0 radical (unpaired) electrons. The van der Waals surface area contributed by atoms with E-state index in [-0.39, 0.29) is 5.41 Å². The van der Waals surface area contributed by atoms with Gasteiger partial charge in [-0.25, -0.2) is 0 Å². The molecular weight excluding hydrogens is 214 g/mol. The first-order valence-corrected chi connectivity index (χ1v) is 6.09. The maximum Gasteiger partial charge on any atom is 0.121 e. The lowest BCUT2D eigenvalue weighted by Gasteiger charge is -2.28. The second kappa shape index (κ2) is 5.07. The van der Waals surface area contributed by atoms with E-state index in [2.05, 4.69) is 31.3 Å². The van der Waals surface area contributed by atoms with E-state index in [1.54, 1.807) is 7.11 Å². The third-order valence-corrected chi connectivity index (χ3v) is 3.45. The molecule has 94 valence electrons. The van der Waals surface area contributed by atoms with E-state index in [1.807, 2.05) is 6.07 Å². The van der Waals surface area contributed by atoms with Crippen LogP contribution in [0.5, 0.6) is 5.75 Å². The standard InChI is InChI=1S/C14H21NO2/c1-11-8-12(4-5-13(11)16-3)14(2)9-15-6-7-17-10-14/h4-5,8,15H,6-7,9-10H2,1-3H3. The van der Waals surface area contributed by atoms with Gasteiger partial charge in [0, 0.05) is 18.5 Å². The lowest BCUT2D eigenvalue weighted by Crippen LogP contribution is -2.36. The summed E-state index contributed by atoms with van der Waals surface area (Å²) in [5, 5.41) is 3.43. The smallest absolute Gasteiger partial charge is 0.121 e. The van der Waals surface area contributed by atoms with Gasteiger partial charge in [0.25, 0.3) is 0 Å². The normalized spacial score (nSPS) is 25.4. The topological polar surface area (TPSA) is 30.5 Å². The number of benzene rings is 1. The highest BCUT2D eigenvalue weighted by Crippen LogP contribution is 2.29. The van der Waals surface area contributed by atoms with Gasteiger partial charge in [-0.15, -0.1) is 0 Å². The highest BCUT2D eigenvalue weighted by molar-refractivity contribution is 5.39. The van der Waals surface area contributed by atoms with Crippen LogP contribution in [0.2, 0.25) is 0 Å². The molecule has 0 bridgehead atoms. The Labute approximate surface area is 103 Å². The van der Waals surface area contributed by atoms with Crippen molar-refractivity contribution in [3.63, 3.8) is 0 Å². The molecule has 0 saturated carbocycles. The van der Waals surface area contributed by atoms with Crippen LogP contribution in [0, 0.1) is 6.92 Å². The van der Waals surface area contributed by atoms with Crippen molar-refractivity contribution in [3.05, 3.63) is 29.3 Å². The van der Waals surface area contributed by atoms with E-state index in [9.17, 15) is 0 Å². The summed E-state index contributed by atoms with van der Waals surface area (Å²) >= 11 is 0. The highest BCUT2D eigenvalue weighted by atomic mass is 16.5. The van der Waals surface area contributed by atoms with E-state index in [1.165, 1.54) is 11.1 Å². The molecule has 1 heterocycles. The highest BCUT2D eigenvalue weighted by Gasteiger charge is 2.28. The van der Waals surface area contributed by atoms with Gasteiger partial charge in [0.05, 0.1) is 20.3 Å². The maximum atomic E-state index is 5.67. The Hall–Kier alpha value is -1.06. The average Bonchev–Trinajstić information content (AvgIpc) is 2.55. The molecule has 1 atom stereocenters. The quantitative estimate of drug-likeness (QED) is 0.849. The van der Waals surface area contributed by atoms with Crippen LogP contribution in [0.25, 0.3) is 0 Å².